The second-order valence-electron chi connectivity index (χ2n) is 6.31. The van der Waals surface area contributed by atoms with Crippen molar-refractivity contribution in [1.29, 1.82) is 0 Å². The molecule has 28 heavy (non-hydrogen) atoms. The summed E-state index contributed by atoms with van der Waals surface area (Å²) in [4.78, 5) is 0. The van der Waals surface area contributed by atoms with E-state index in [2.05, 4.69) is 0 Å². The van der Waals surface area contributed by atoms with Gasteiger partial charge in [-0.1, -0.05) is 0 Å². The fourth-order valence-electron chi connectivity index (χ4n) is 3.06. The molecule has 132 valence electrons. The van der Waals surface area contributed by atoms with Gasteiger partial charge in [0, 0.05) is 6.55 Å². The Morgan fingerprint density at radius 1 is 0.321 bits per heavy atom. The Bertz CT molecular complexity index is 494. The van der Waals surface area contributed by atoms with Crippen molar-refractivity contribution in [3.63, 3.8) is 0 Å². The summed E-state index contributed by atoms with van der Waals surface area (Å²) in [7, 11) is 8.34. The van der Waals surface area contributed by atoms with Crippen LogP contribution in [0.3, 0.4) is 0 Å². The molecule has 0 aromatic rings. The Hall–Kier alpha value is 1.71. The molecule has 6 aliphatic heterocycles. The molecule has 0 aromatic heterocycles. The van der Waals surface area contributed by atoms with Gasteiger partial charge >= 0.3 is 69.5 Å². The maximum absolute atomic E-state index is 6.17. The third kappa shape index (κ3) is 3.64. The summed E-state index contributed by atoms with van der Waals surface area (Å²) < 4.78 is 67.9. The van der Waals surface area contributed by atoms with Crippen LogP contribution in [-0.4, -0.2) is 122 Å². The number of hydrogen-bond donors (Lipinski definition) is 0. The molecule has 27 heteroatoms. The summed E-state index contributed by atoms with van der Waals surface area (Å²) >= 11 is 0. The van der Waals surface area contributed by atoms with Gasteiger partial charge in [0.05, 0.1) is 0 Å². The SMILES string of the molecule is [B][Si]12O[Si]3([B])O[Si]4([B])O[Si]([B])(O1)O[Si]1([B])O[Si]([B])(O2)O[Si]([B])(O3)O[Si](C)(O4)O1. The first-order valence-corrected chi connectivity index (χ1v) is 22.3. The Morgan fingerprint density at radius 2 is 0.464 bits per heavy atom. The molecule has 0 saturated carbocycles. The van der Waals surface area contributed by atoms with Crippen LogP contribution in [0.1, 0.15) is 0 Å². The van der Waals surface area contributed by atoms with Crippen molar-refractivity contribution < 1.29 is 49.4 Å². The smallest absolute Gasteiger partial charge is 0.387 e. The first-order valence-electron chi connectivity index (χ1n) is 7.42. The predicted molar refractivity (Wildman–Crippen MR) is 105 cm³/mol. The minimum atomic E-state index is -4.44. The molecular weight excluding hydrogens is 504 g/mol. The molecule has 0 spiro atoms. The molecule has 8 bridgehead atoms. The topological polar surface area (TPSA) is 111 Å². The zero-order chi connectivity index (χ0) is 20.5. The van der Waals surface area contributed by atoms with Crippen molar-refractivity contribution >= 4 is 122 Å². The molecule has 0 N–H and O–H groups in total. The molecule has 6 fully saturated rings. The van der Waals surface area contributed by atoms with Crippen LogP contribution in [0.5, 0.6) is 0 Å². The van der Waals surface area contributed by atoms with Gasteiger partial charge in [0.1, 0.15) is 0 Å². The standard InChI is InChI=1S/CH3B7O12Si8/c1-21-9-22(2)12-25(5)14-23(3,10-21)16-27(7)17-24(4,11-21)15-26(6,13-22)19-28(8,18-25)20-27/h1H3. The van der Waals surface area contributed by atoms with E-state index in [1.807, 2.05) is 0 Å². The van der Waals surface area contributed by atoms with E-state index < -0.39 is 69.5 Å². The Kier molecular flexibility index (Phi) is 4.46. The van der Waals surface area contributed by atoms with E-state index in [4.69, 9.17) is 101 Å². The highest BCUT2D eigenvalue weighted by atomic mass is 28.6. The normalized spacial score (nSPS) is 65.8. The van der Waals surface area contributed by atoms with E-state index in [1.54, 1.807) is 0 Å². The first-order chi connectivity index (χ1) is 12.5. The van der Waals surface area contributed by atoms with Gasteiger partial charge in [0.2, 0.25) is 0 Å². The maximum atomic E-state index is 6.17. The predicted octanol–water partition coefficient (Wildman–Crippen LogP) is -5.95. The van der Waals surface area contributed by atoms with Crippen LogP contribution >= 0.6 is 0 Å². The quantitative estimate of drug-likeness (QED) is 0.291. The maximum Gasteiger partial charge on any atom is 0.474 e. The van der Waals surface area contributed by atoms with E-state index >= 15 is 0 Å². The summed E-state index contributed by atoms with van der Waals surface area (Å²) in [6, 6.07) is 0. The molecule has 6 saturated heterocycles. The molecule has 0 unspecified atom stereocenters. The van der Waals surface area contributed by atoms with Crippen LogP contribution in [0.4, 0.5) is 0 Å². The highest BCUT2D eigenvalue weighted by Gasteiger charge is 2.75. The van der Waals surface area contributed by atoms with Gasteiger partial charge in [-0.05, 0) is 0 Å². The van der Waals surface area contributed by atoms with Gasteiger partial charge in [0.25, 0.3) is 0 Å². The van der Waals surface area contributed by atoms with E-state index in [1.165, 1.54) is 6.55 Å². The lowest BCUT2D eigenvalue weighted by Crippen LogP contribution is -2.89. The van der Waals surface area contributed by atoms with Gasteiger partial charge in [-0.2, -0.15) is 0 Å². The minimum absolute atomic E-state index is 1.36. The van der Waals surface area contributed by atoms with E-state index in [0.29, 0.717) is 0 Å². The third-order valence-corrected chi connectivity index (χ3v) is 31.9. The van der Waals surface area contributed by atoms with Gasteiger partial charge < -0.3 is 49.4 Å². The molecule has 6 rings (SSSR count). The van der Waals surface area contributed by atoms with Crippen molar-refractivity contribution in [2.45, 2.75) is 6.55 Å². The summed E-state index contributed by atoms with van der Waals surface area (Å²) in [5, 5.41) is 0. The lowest BCUT2D eigenvalue weighted by atomic mass is 10.8. The largest absolute Gasteiger partial charge is 0.474 e. The van der Waals surface area contributed by atoms with Crippen LogP contribution in [0.15, 0.2) is 0 Å². The molecule has 6 heterocycles. The summed E-state index contributed by atoms with van der Waals surface area (Å²) in [6.07, 6.45) is 0. The summed E-state index contributed by atoms with van der Waals surface area (Å²) in [5.41, 5.74) is 0. The van der Waals surface area contributed by atoms with Crippen LogP contribution in [0, 0.1) is 0 Å². The Balaban J connectivity index is 1.79. The highest BCUT2D eigenvalue weighted by Crippen LogP contribution is 2.43. The van der Waals surface area contributed by atoms with Crippen molar-refractivity contribution in [3.05, 3.63) is 0 Å². The average molecular weight is 507 g/mol. The van der Waals surface area contributed by atoms with E-state index in [0.717, 1.165) is 0 Å². The molecule has 12 nitrogen and oxygen atoms in total. The lowest BCUT2D eigenvalue weighted by Gasteiger charge is -2.62. The lowest BCUT2D eigenvalue weighted by molar-refractivity contribution is 0.00977. The van der Waals surface area contributed by atoms with Crippen molar-refractivity contribution in [3.8, 4) is 0 Å². The van der Waals surface area contributed by atoms with Crippen LogP contribution in [-0.2, 0) is 49.4 Å². The Morgan fingerprint density at radius 3 is 0.643 bits per heavy atom. The molecule has 0 amide bonds. The zero-order valence-corrected chi connectivity index (χ0v) is 21.9. The monoisotopic (exact) mass is 508 g/mol. The second-order valence-corrected chi connectivity index (χ2v) is 26.3. The van der Waals surface area contributed by atoms with Crippen LogP contribution in [0.2, 0.25) is 6.55 Å². The summed E-state index contributed by atoms with van der Waals surface area (Å²) in [6.45, 7) is 1.36. The highest BCUT2D eigenvalue weighted by molar-refractivity contribution is 7.34. The molecule has 0 aromatic carbocycles. The van der Waals surface area contributed by atoms with Gasteiger partial charge in [0.15, 0.2) is 52.1 Å². The fourth-order valence-corrected chi connectivity index (χ4v) is 36.5. The van der Waals surface area contributed by atoms with Crippen molar-refractivity contribution in [2.24, 2.45) is 0 Å². The van der Waals surface area contributed by atoms with Crippen LogP contribution < -0.4 is 0 Å². The van der Waals surface area contributed by atoms with Gasteiger partial charge in [-0.15, -0.1) is 0 Å². The molecule has 6 aliphatic rings. The molecular formula is CH3B7O12Si8. The van der Waals surface area contributed by atoms with E-state index in [-0.39, 0.29) is 0 Å². The zero-order valence-electron chi connectivity index (χ0n) is 13.9. The average Bonchev–Trinajstić information content (AvgIpc) is 2.22. The van der Waals surface area contributed by atoms with Gasteiger partial charge in [-0.25, -0.2) is 0 Å². The molecule has 0 atom stereocenters. The summed E-state index contributed by atoms with van der Waals surface area (Å²) in [5.74, 6) is 0. The van der Waals surface area contributed by atoms with Crippen molar-refractivity contribution in [2.75, 3.05) is 0 Å². The Labute approximate surface area is 177 Å². The molecule has 14 radical (unpaired) electrons. The van der Waals surface area contributed by atoms with E-state index in [9.17, 15) is 0 Å². The number of hydrogen-bond acceptors (Lipinski definition) is 12. The molecule has 0 aliphatic carbocycles. The minimum Gasteiger partial charge on any atom is -0.387 e. The fraction of sp³-hybridized carbons (Fsp3) is 1.00. The van der Waals surface area contributed by atoms with Gasteiger partial charge in [-0.3, -0.25) is 0 Å². The van der Waals surface area contributed by atoms with Crippen molar-refractivity contribution in [1.82, 2.24) is 0 Å². The van der Waals surface area contributed by atoms with Crippen LogP contribution in [0.25, 0.3) is 0 Å². The second kappa shape index (κ2) is 5.79. The number of rotatable bonds is 0. The third-order valence-electron chi connectivity index (χ3n) is 3.54. The first kappa shape index (κ1) is 21.5.